The zero-order valence-electron chi connectivity index (χ0n) is 10.1. The van der Waals surface area contributed by atoms with E-state index in [-0.39, 0.29) is 11.7 Å². The Balaban J connectivity index is 2.04. The molecule has 0 bridgehead atoms. The average Bonchev–Trinajstić information content (AvgIpc) is 2.94. The predicted molar refractivity (Wildman–Crippen MR) is 76.3 cm³/mol. The van der Waals surface area contributed by atoms with Crippen LogP contribution in [0.5, 0.6) is 0 Å². The summed E-state index contributed by atoms with van der Waals surface area (Å²) in [7, 11) is 3.73. The van der Waals surface area contributed by atoms with Gasteiger partial charge < -0.3 is 16.0 Å². The third kappa shape index (κ3) is 2.80. The van der Waals surface area contributed by atoms with Crippen molar-refractivity contribution in [1.82, 2.24) is 10.3 Å². The number of nitrogens with one attached hydrogen (secondary N) is 1. The molecular weight excluding hydrogens is 268 g/mol. The van der Waals surface area contributed by atoms with Crippen LogP contribution in [0.3, 0.4) is 0 Å². The fourth-order valence-electron chi connectivity index (χ4n) is 1.34. The van der Waals surface area contributed by atoms with Crippen molar-refractivity contribution in [3.05, 3.63) is 27.3 Å². The van der Waals surface area contributed by atoms with Crippen LogP contribution in [0.25, 0.3) is 0 Å². The number of hydrogen-bond donors (Lipinski definition) is 2. The number of anilines is 2. The van der Waals surface area contributed by atoms with Gasteiger partial charge in [-0.2, -0.15) is 0 Å². The molecule has 2 aromatic rings. The molecule has 3 N–H and O–H groups in total. The first-order chi connectivity index (χ1) is 8.58. The van der Waals surface area contributed by atoms with Crippen LogP contribution in [0.1, 0.15) is 14.5 Å². The van der Waals surface area contributed by atoms with E-state index in [0.717, 1.165) is 10.0 Å². The lowest BCUT2D eigenvalue weighted by molar-refractivity contribution is 0.0956. The topological polar surface area (TPSA) is 71.2 Å². The second kappa shape index (κ2) is 5.36. The molecule has 0 aliphatic carbocycles. The van der Waals surface area contributed by atoms with Crippen molar-refractivity contribution in [3.63, 3.8) is 0 Å². The van der Waals surface area contributed by atoms with Crippen molar-refractivity contribution in [3.8, 4) is 0 Å². The van der Waals surface area contributed by atoms with Gasteiger partial charge in [-0.15, -0.1) is 11.3 Å². The van der Waals surface area contributed by atoms with Gasteiger partial charge in [0.05, 0.1) is 6.54 Å². The van der Waals surface area contributed by atoms with E-state index in [1.165, 1.54) is 11.3 Å². The number of thiophene rings is 1. The van der Waals surface area contributed by atoms with Gasteiger partial charge in [-0.25, -0.2) is 4.98 Å². The van der Waals surface area contributed by atoms with Gasteiger partial charge in [-0.3, -0.25) is 4.79 Å². The van der Waals surface area contributed by atoms with Crippen LogP contribution in [0, 0.1) is 0 Å². The third-order valence-electron chi connectivity index (χ3n) is 2.23. The van der Waals surface area contributed by atoms with Crippen LogP contribution in [0.2, 0.25) is 0 Å². The minimum absolute atomic E-state index is 0.175. The van der Waals surface area contributed by atoms with E-state index in [1.54, 1.807) is 11.3 Å². The molecule has 0 spiro atoms. The Labute approximate surface area is 113 Å². The molecule has 7 heteroatoms. The molecule has 2 heterocycles. The highest BCUT2D eigenvalue weighted by Gasteiger charge is 2.16. The van der Waals surface area contributed by atoms with E-state index >= 15 is 0 Å². The van der Waals surface area contributed by atoms with Gasteiger partial charge in [0.25, 0.3) is 5.91 Å². The Hall–Kier alpha value is -1.60. The summed E-state index contributed by atoms with van der Waals surface area (Å²) >= 11 is 2.90. The number of thiazole rings is 1. The molecule has 0 aliphatic heterocycles. The van der Waals surface area contributed by atoms with Crippen LogP contribution in [-0.2, 0) is 6.54 Å². The summed E-state index contributed by atoms with van der Waals surface area (Å²) in [6, 6.07) is 3.93. The lowest BCUT2D eigenvalue weighted by Gasteiger charge is -2.05. The maximum Gasteiger partial charge on any atom is 0.265 e. The highest BCUT2D eigenvalue weighted by Crippen LogP contribution is 2.26. The van der Waals surface area contributed by atoms with E-state index in [9.17, 15) is 4.79 Å². The SMILES string of the molecule is CN(C)c1nc(N)c(C(=O)NCc2cccs2)s1. The number of nitrogens with two attached hydrogens (primary N) is 1. The molecule has 0 unspecified atom stereocenters. The molecule has 5 nitrogen and oxygen atoms in total. The lowest BCUT2D eigenvalue weighted by atomic mass is 10.4. The van der Waals surface area contributed by atoms with Gasteiger partial charge in [-0.1, -0.05) is 17.4 Å². The molecular formula is C11H14N4OS2. The molecule has 0 aliphatic rings. The number of rotatable bonds is 4. The molecule has 0 radical (unpaired) electrons. The van der Waals surface area contributed by atoms with Gasteiger partial charge in [-0.05, 0) is 11.4 Å². The predicted octanol–water partition coefficient (Wildman–Crippen LogP) is 1.78. The highest BCUT2D eigenvalue weighted by atomic mass is 32.1. The van der Waals surface area contributed by atoms with Gasteiger partial charge in [0.15, 0.2) is 5.13 Å². The fourth-order valence-corrected chi connectivity index (χ4v) is 2.80. The second-order valence-electron chi connectivity index (χ2n) is 3.87. The van der Waals surface area contributed by atoms with E-state index < -0.39 is 0 Å². The van der Waals surface area contributed by atoms with Crippen molar-refractivity contribution in [2.45, 2.75) is 6.54 Å². The van der Waals surface area contributed by atoms with Crippen molar-refractivity contribution < 1.29 is 4.79 Å². The van der Waals surface area contributed by atoms with Crippen LogP contribution >= 0.6 is 22.7 Å². The molecule has 2 aromatic heterocycles. The van der Waals surface area contributed by atoms with Crippen LogP contribution in [-0.4, -0.2) is 25.0 Å². The third-order valence-corrected chi connectivity index (χ3v) is 4.35. The summed E-state index contributed by atoms with van der Waals surface area (Å²) in [5.41, 5.74) is 5.74. The van der Waals surface area contributed by atoms with Gasteiger partial charge in [0.1, 0.15) is 10.7 Å². The Bertz CT molecular complexity index is 533. The first-order valence-electron chi connectivity index (χ1n) is 5.32. The number of carbonyl (C=O) groups is 1. The average molecular weight is 282 g/mol. The van der Waals surface area contributed by atoms with Crippen molar-refractivity contribution in [1.29, 1.82) is 0 Å². The molecule has 0 fully saturated rings. The van der Waals surface area contributed by atoms with E-state index in [0.29, 0.717) is 11.4 Å². The van der Waals surface area contributed by atoms with Crippen molar-refractivity contribution in [2.24, 2.45) is 0 Å². The molecule has 0 aromatic carbocycles. The first kappa shape index (κ1) is 12.8. The number of nitrogen functional groups attached to an aromatic ring is 1. The minimum Gasteiger partial charge on any atom is -0.382 e. The second-order valence-corrected chi connectivity index (χ2v) is 5.88. The first-order valence-corrected chi connectivity index (χ1v) is 7.01. The highest BCUT2D eigenvalue weighted by molar-refractivity contribution is 7.18. The molecule has 0 atom stereocenters. The van der Waals surface area contributed by atoms with E-state index in [2.05, 4.69) is 10.3 Å². The summed E-state index contributed by atoms with van der Waals surface area (Å²) in [5.74, 6) is 0.110. The van der Waals surface area contributed by atoms with Crippen molar-refractivity contribution >= 4 is 39.5 Å². The van der Waals surface area contributed by atoms with E-state index in [1.807, 2.05) is 36.5 Å². The molecule has 1 amide bonds. The summed E-state index contributed by atoms with van der Waals surface area (Å²) in [5, 5.41) is 5.55. The Morgan fingerprint density at radius 2 is 2.33 bits per heavy atom. The van der Waals surface area contributed by atoms with E-state index in [4.69, 9.17) is 5.73 Å². The summed E-state index contributed by atoms with van der Waals surface area (Å²) in [6.07, 6.45) is 0. The monoisotopic (exact) mass is 282 g/mol. The summed E-state index contributed by atoms with van der Waals surface area (Å²) < 4.78 is 0. The maximum atomic E-state index is 12.0. The fraction of sp³-hybridized carbons (Fsp3) is 0.273. The Morgan fingerprint density at radius 1 is 1.56 bits per heavy atom. The largest absolute Gasteiger partial charge is 0.382 e. The zero-order chi connectivity index (χ0) is 13.1. The number of nitrogens with zero attached hydrogens (tertiary/aromatic N) is 2. The van der Waals surface area contributed by atoms with Gasteiger partial charge >= 0.3 is 0 Å². The summed E-state index contributed by atoms with van der Waals surface area (Å²) in [6.45, 7) is 0.519. The van der Waals surface area contributed by atoms with Gasteiger partial charge in [0, 0.05) is 19.0 Å². The Kier molecular flexibility index (Phi) is 3.83. The van der Waals surface area contributed by atoms with Crippen molar-refractivity contribution in [2.75, 3.05) is 24.7 Å². The normalized spacial score (nSPS) is 10.3. The molecule has 96 valence electrons. The maximum absolute atomic E-state index is 12.0. The molecule has 0 saturated heterocycles. The number of hydrogen-bond acceptors (Lipinski definition) is 6. The van der Waals surface area contributed by atoms with Crippen LogP contribution in [0.4, 0.5) is 10.9 Å². The van der Waals surface area contributed by atoms with Crippen LogP contribution < -0.4 is 16.0 Å². The Morgan fingerprint density at radius 3 is 2.89 bits per heavy atom. The standard InChI is InChI=1S/C11H14N4OS2/c1-15(2)11-14-9(12)8(18-11)10(16)13-6-7-4-3-5-17-7/h3-5H,6,12H2,1-2H3,(H,13,16). The smallest absolute Gasteiger partial charge is 0.265 e. The minimum atomic E-state index is -0.175. The number of amides is 1. The molecule has 2 rings (SSSR count). The summed E-state index contributed by atoms with van der Waals surface area (Å²) in [4.78, 5) is 19.5. The van der Waals surface area contributed by atoms with Gasteiger partial charge in [0.2, 0.25) is 0 Å². The quantitative estimate of drug-likeness (QED) is 0.896. The van der Waals surface area contributed by atoms with Crippen LogP contribution in [0.15, 0.2) is 17.5 Å². The lowest BCUT2D eigenvalue weighted by Crippen LogP contribution is -2.22. The molecule has 0 saturated carbocycles. The zero-order valence-corrected chi connectivity index (χ0v) is 11.8. The number of carbonyl (C=O) groups excluding carboxylic acids is 1. The number of aromatic nitrogens is 1. The molecule has 18 heavy (non-hydrogen) atoms.